The van der Waals surface area contributed by atoms with Gasteiger partial charge in [0, 0.05) is 16.2 Å². The van der Waals surface area contributed by atoms with E-state index in [0.29, 0.717) is 5.69 Å². The van der Waals surface area contributed by atoms with Gasteiger partial charge in [-0.25, -0.2) is 13.6 Å². The second kappa shape index (κ2) is 6.00. The Labute approximate surface area is 123 Å². The Hall–Kier alpha value is -1.95. The number of nitrogens with one attached hydrogen (secondary N) is 2. The van der Waals surface area contributed by atoms with Crippen LogP contribution in [0.15, 0.2) is 40.9 Å². The predicted molar refractivity (Wildman–Crippen MR) is 77.9 cm³/mol. The van der Waals surface area contributed by atoms with E-state index in [4.69, 9.17) is 0 Å². The molecule has 2 rings (SSSR count). The van der Waals surface area contributed by atoms with Gasteiger partial charge in [-0.2, -0.15) is 0 Å². The molecule has 0 unspecified atom stereocenters. The molecule has 0 radical (unpaired) electrons. The highest BCUT2D eigenvalue weighted by Crippen LogP contribution is 2.23. The van der Waals surface area contributed by atoms with Gasteiger partial charge in [-0.1, -0.05) is 6.07 Å². The maximum Gasteiger partial charge on any atom is 0.323 e. The van der Waals surface area contributed by atoms with E-state index >= 15 is 0 Å². The molecule has 0 spiro atoms. The third-order valence-corrected chi connectivity index (χ3v) is 3.21. The molecular formula is C14H11BrF2N2O. The Morgan fingerprint density at radius 3 is 2.45 bits per heavy atom. The summed E-state index contributed by atoms with van der Waals surface area (Å²) in [6.45, 7) is 1.93. The van der Waals surface area contributed by atoms with Gasteiger partial charge in [0.25, 0.3) is 0 Å². The molecule has 2 amide bonds. The van der Waals surface area contributed by atoms with Crippen molar-refractivity contribution in [3.05, 3.63) is 58.1 Å². The maximum absolute atomic E-state index is 13.0. The van der Waals surface area contributed by atoms with Crippen LogP contribution in [0.2, 0.25) is 0 Å². The number of rotatable bonds is 2. The van der Waals surface area contributed by atoms with Gasteiger partial charge in [-0.05, 0) is 52.7 Å². The third kappa shape index (κ3) is 3.54. The summed E-state index contributed by atoms with van der Waals surface area (Å²) in [7, 11) is 0. The molecular weight excluding hydrogens is 330 g/mol. The fourth-order valence-corrected chi connectivity index (χ4v) is 2.17. The largest absolute Gasteiger partial charge is 0.323 e. The molecule has 2 N–H and O–H groups in total. The monoisotopic (exact) mass is 340 g/mol. The number of carbonyl (C=O) groups is 1. The lowest BCUT2D eigenvalue weighted by atomic mass is 10.2. The molecule has 2 aromatic carbocycles. The van der Waals surface area contributed by atoms with Crippen molar-refractivity contribution >= 4 is 33.3 Å². The van der Waals surface area contributed by atoms with Crippen LogP contribution in [0.1, 0.15) is 5.56 Å². The molecule has 0 saturated carbocycles. The average Bonchev–Trinajstić information content (AvgIpc) is 2.37. The number of benzene rings is 2. The van der Waals surface area contributed by atoms with Gasteiger partial charge >= 0.3 is 6.03 Å². The summed E-state index contributed by atoms with van der Waals surface area (Å²) in [6.07, 6.45) is 0. The summed E-state index contributed by atoms with van der Waals surface area (Å²) in [6, 6.07) is 8.05. The Kier molecular flexibility index (Phi) is 4.34. The van der Waals surface area contributed by atoms with Crippen molar-refractivity contribution in [1.29, 1.82) is 0 Å². The quantitative estimate of drug-likeness (QED) is 0.818. The van der Waals surface area contributed by atoms with Crippen molar-refractivity contribution in [1.82, 2.24) is 0 Å². The molecule has 0 aliphatic rings. The zero-order valence-electron chi connectivity index (χ0n) is 10.5. The van der Waals surface area contributed by atoms with E-state index in [0.717, 1.165) is 22.2 Å². The summed E-state index contributed by atoms with van der Waals surface area (Å²) >= 11 is 3.33. The second-order valence-corrected chi connectivity index (χ2v) is 5.05. The SMILES string of the molecule is Cc1ccc(NC(=O)Nc2ccc(F)c(F)c2)c(Br)c1. The van der Waals surface area contributed by atoms with Crippen LogP contribution in [0.5, 0.6) is 0 Å². The Bertz CT molecular complexity index is 662. The first kappa shape index (κ1) is 14.5. The van der Waals surface area contributed by atoms with Crippen LogP contribution < -0.4 is 10.6 Å². The summed E-state index contributed by atoms with van der Waals surface area (Å²) < 4.78 is 26.5. The van der Waals surface area contributed by atoms with Gasteiger partial charge in [-0.3, -0.25) is 0 Å². The summed E-state index contributed by atoms with van der Waals surface area (Å²) in [5, 5.41) is 5.03. The van der Waals surface area contributed by atoms with Gasteiger partial charge in [0.1, 0.15) is 0 Å². The van der Waals surface area contributed by atoms with Crippen LogP contribution in [0.3, 0.4) is 0 Å². The number of hydrogen-bond acceptors (Lipinski definition) is 1. The maximum atomic E-state index is 13.0. The molecule has 0 atom stereocenters. The number of urea groups is 1. The topological polar surface area (TPSA) is 41.1 Å². The van der Waals surface area contributed by atoms with E-state index in [2.05, 4.69) is 26.6 Å². The Morgan fingerprint density at radius 2 is 1.80 bits per heavy atom. The zero-order chi connectivity index (χ0) is 14.7. The van der Waals surface area contributed by atoms with Gasteiger partial charge in [-0.15, -0.1) is 0 Å². The summed E-state index contributed by atoms with van der Waals surface area (Å²) in [5.74, 6) is -1.98. The summed E-state index contributed by atoms with van der Waals surface area (Å²) in [5.41, 5.74) is 1.80. The van der Waals surface area contributed by atoms with Crippen molar-refractivity contribution in [3.8, 4) is 0 Å². The third-order valence-electron chi connectivity index (χ3n) is 2.55. The predicted octanol–water partition coefficient (Wildman–Crippen LogP) is 4.68. The lowest BCUT2D eigenvalue weighted by molar-refractivity contribution is 0.262. The molecule has 3 nitrogen and oxygen atoms in total. The standard InChI is InChI=1S/C14H11BrF2N2O/c1-8-2-5-13(10(15)6-8)19-14(20)18-9-3-4-11(16)12(17)7-9/h2-7H,1H3,(H2,18,19,20). The molecule has 0 bridgehead atoms. The molecule has 0 aromatic heterocycles. The first-order valence-corrected chi connectivity index (χ1v) is 6.54. The highest BCUT2D eigenvalue weighted by molar-refractivity contribution is 9.10. The van der Waals surface area contributed by atoms with Gasteiger partial charge < -0.3 is 10.6 Å². The molecule has 104 valence electrons. The molecule has 2 aromatic rings. The highest BCUT2D eigenvalue weighted by atomic mass is 79.9. The van der Waals surface area contributed by atoms with Crippen molar-refractivity contribution < 1.29 is 13.6 Å². The van der Waals surface area contributed by atoms with Gasteiger partial charge in [0.15, 0.2) is 11.6 Å². The Balaban J connectivity index is 2.07. The minimum Gasteiger partial charge on any atom is -0.308 e. The minimum atomic E-state index is -1.01. The highest BCUT2D eigenvalue weighted by Gasteiger charge is 2.08. The number of amides is 2. The molecule has 0 saturated heterocycles. The first-order valence-electron chi connectivity index (χ1n) is 5.75. The van der Waals surface area contributed by atoms with Crippen molar-refractivity contribution in [3.63, 3.8) is 0 Å². The van der Waals surface area contributed by atoms with Gasteiger partial charge in [0.2, 0.25) is 0 Å². The van der Waals surface area contributed by atoms with E-state index in [-0.39, 0.29) is 5.69 Å². The number of anilines is 2. The van der Waals surface area contributed by atoms with E-state index in [1.165, 1.54) is 6.07 Å². The van der Waals surface area contributed by atoms with Crippen LogP contribution in [-0.4, -0.2) is 6.03 Å². The first-order chi connectivity index (χ1) is 9.45. The molecule has 0 fully saturated rings. The number of aryl methyl sites for hydroxylation is 1. The molecule has 0 aliphatic carbocycles. The van der Waals surface area contributed by atoms with E-state index < -0.39 is 17.7 Å². The van der Waals surface area contributed by atoms with Crippen LogP contribution in [0.4, 0.5) is 25.0 Å². The molecule has 0 aliphatic heterocycles. The Morgan fingerprint density at radius 1 is 1.05 bits per heavy atom. The average molecular weight is 341 g/mol. The van der Waals surface area contributed by atoms with E-state index in [9.17, 15) is 13.6 Å². The smallest absolute Gasteiger partial charge is 0.308 e. The summed E-state index contributed by atoms with van der Waals surface area (Å²) in [4.78, 5) is 11.8. The minimum absolute atomic E-state index is 0.171. The fraction of sp³-hybridized carbons (Fsp3) is 0.0714. The van der Waals surface area contributed by atoms with Crippen LogP contribution in [0, 0.1) is 18.6 Å². The van der Waals surface area contributed by atoms with Crippen LogP contribution in [-0.2, 0) is 0 Å². The lowest BCUT2D eigenvalue weighted by Gasteiger charge is -2.10. The van der Waals surface area contributed by atoms with E-state index in [1.54, 1.807) is 6.07 Å². The van der Waals surface area contributed by atoms with Crippen molar-refractivity contribution in [2.45, 2.75) is 6.92 Å². The van der Waals surface area contributed by atoms with E-state index in [1.807, 2.05) is 19.1 Å². The normalized spacial score (nSPS) is 10.2. The second-order valence-electron chi connectivity index (χ2n) is 4.19. The lowest BCUT2D eigenvalue weighted by Crippen LogP contribution is -2.19. The van der Waals surface area contributed by atoms with Crippen molar-refractivity contribution in [2.24, 2.45) is 0 Å². The van der Waals surface area contributed by atoms with Crippen LogP contribution in [0.25, 0.3) is 0 Å². The van der Waals surface area contributed by atoms with Crippen molar-refractivity contribution in [2.75, 3.05) is 10.6 Å². The molecule has 20 heavy (non-hydrogen) atoms. The zero-order valence-corrected chi connectivity index (χ0v) is 12.1. The molecule has 0 heterocycles. The molecule has 6 heteroatoms. The number of hydrogen-bond donors (Lipinski definition) is 2. The number of halogens is 3. The van der Waals surface area contributed by atoms with Gasteiger partial charge in [0.05, 0.1) is 5.69 Å². The number of carbonyl (C=O) groups excluding carboxylic acids is 1. The fourth-order valence-electron chi connectivity index (χ4n) is 1.58. The van der Waals surface area contributed by atoms with Crippen LogP contribution >= 0.6 is 15.9 Å².